The molecule has 0 radical (unpaired) electrons. The highest BCUT2D eigenvalue weighted by atomic mass is 19.1. The minimum absolute atomic E-state index is 0.200. The average Bonchev–Trinajstić information content (AvgIpc) is 2.52. The van der Waals surface area contributed by atoms with E-state index in [9.17, 15) is 18.8 Å². The van der Waals surface area contributed by atoms with Gasteiger partial charge in [-0.3, -0.25) is 9.59 Å². The zero-order valence-electron chi connectivity index (χ0n) is 12.2. The quantitative estimate of drug-likeness (QED) is 0.691. The maximum Gasteiger partial charge on any atom is 0.347 e. The maximum absolute atomic E-state index is 12.7. The maximum atomic E-state index is 12.7. The minimum atomic E-state index is -0.961. The fraction of sp³-hybridized carbons (Fsp3) is 0.357. The number of amides is 2. The molecule has 0 saturated heterocycles. The highest BCUT2D eigenvalue weighted by Gasteiger charge is 2.18. The Morgan fingerprint density at radius 2 is 1.82 bits per heavy atom. The van der Waals surface area contributed by atoms with E-state index in [4.69, 9.17) is 9.47 Å². The van der Waals surface area contributed by atoms with E-state index >= 15 is 0 Å². The van der Waals surface area contributed by atoms with E-state index in [1.165, 1.54) is 38.2 Å². The van der Waals surface area contributed by atoms with Crippen molar-refractivity contribution in [1.82, 2.24) is 10.6 Å². The number of nitrogens with one attached hydrogen (secondary N) is 2. The molecule has 0 aliphatic heterocycles. The molecule has 1 rings (SSSR count). The first kappa shape index (κ1) is 17.4. The molecule has 0 unspecified atom stereocenters. The van der Waals surface area contributed by atoms with Crippen LogP contribution in [0.3, 0.4) is 0 Å². The van der Waals surface area contributed by atoms with Crippen LogP contribution in [0, 0.1) is 5.82 Å². The molecule has 1 atom stereocenters. The fourth-order valence-corrected chi connectivity index (χ4v) is 1.34. The molecular formula is C14H17FN2O5. The topological polar surface area (TPSA) is 93.7 Å². The van der Waals surface area contributed by atoms with Crippen LogP contribution < -0.4 is 15.4 Å². The van der Waals surface area contributed by atoms with Gasteiger partial charge in [-0.25, -0.2) is 9.18 Å². The molecule has 0 fully saturated rings. The van der Waals surface area contributed by atoms with Gasteiger partial charge in [-0.05, 0) is 31.2 Å². The highest BCUT2D eigenvalue weighted by Crippen LogP contribution is 2.13. The molecule has 0 spiro atoms. The summed E-state index contributed by atoms with van der Waals surface area (Å²) in [5, 5.41) is 4.60. The molecule has 120 valence electrons. The third-order valence-electron chi connectivity index (χ3n) is 2.53. The van der Waals surface area contributed by atoms with Gasteiger partial charge in [0.05, 0.1) is 6.54 Å². The van der Waals surface area contributed by atoms with Gasteiger partial charge in [0.2, 0.25) is 5.91 Å². The SMILES string of the molecule is CNC(=O)CNC(=O)COC(=O)[C@H](C)Oc1ccc(F)cc1. The second kappa shape index (κ2) is 8.60. The van der Waals surface area contributed by atoms with E-state index in [1.807, 2.05) is 0 Å². The minimum Gasteiger partial charge on any atom is -0.479 e. The van der Waals surface area contributed by atoms with Crippen LogP contribution in [0.4, 0.5) is 4.39 Å². The number of esters is 1. The molecule has 0 saturated carbocycles. The summed E-state index contributed by atoms with van der Waals surface area (Å²) >= 11 is 0. The Morgan fingerprint density at radius 3 is 2.41 bits per heavy atom. The molecule has 0 bridgehead atoms. The van der Waals surface area contributed by atoms with E-state index in [2.05, 4.69) is 10.6 Å². The summed E-state index contributed by atoms with van der Waals surface area (Å²) in [5.74, 6) is -1.84. The van der Waals surface area contributed by atoms with E-state index in [0.29, 0.717) is 5.75 Å². The van der Waals surface area contributed by atoms with Gasteiger partial charge in [-0.15, -0.1) is 0 Å². The molecule has 0 aliphatic rings. The molecule has 1 aromatic carbocycles. The molecule has 0 aliphatic carbocycles. The third kappa shape index (κ3) is 6.21. The predicted molar refractivity (Wildman–Crippen MR) is 74.5 cm³/mol. The Hall–Kier alpha value is -2.64. The lowest BCUT2D eigenvalue weighted by Crippen LogP contribution is -2.38. The van der Waals surface area contributed by atoms with E-state index in [1.54, 1.807) is 0 Å². The molecule has 2 amide bonds. The van der Waals surface area contributed by atoms with Crippen LogP contribution in [0.5, 0.6) is 5.75 Å². The van der Waals surface area contributed by atoms with E-state index < -0.39 is 30.4 Å². The molecule has 7 nitrogen and oxygen atoms in total. The molecule has 0 aromatic heterocycles. The first-order valence-electron chi connectivity index (χ1n) is 6.48. The lowest BCUT2D eigenvalue weighted by atomic mass is 10.3. The number of benzene rings is 1. The Labute approximate surface area is 126 Å². The van der Waals surface area contributed by atoms with Gasteiger partial charge < -0.3 is 20.1 Å². The highest BCUT2D eigenvalue weighted by molar-refractivity contribution is 5.86. The lowest BCUT2D eigenvalue weighted by molar-refractivity contribution is -0.154. The van der Waals surface area contributed by atoms with Crippen molar-refractivity contribution in [2.45, 2.75) is 13.0 Å². The summed E-state index contributed by atoms with van der Waals surface area (Å²) in [4.78, 5) is 33.9. The third-order valence-corrected chi connectivity index (χ3v) is 2.53. The number of carbonyl (C=O) groups excluding carboxylic acids is 3. The van der Waals surface area contributed by atoms with Crippen LogP contribution in [0.1, 0.15) is 6.92 Å². The summed E-state index contributed by atoms with van der Waals surface area (Å²) in [6.07, 6.45) is -0.961. The van der Waals surface area contributed by atoms with Crippen molar-refractivity contribution in [3.8, 4) is 5.75 Å². The van der Waals surface area contributed by atoms with Gasteiger partial charge in [0.1, 0.15) is 11.6 Å². The Kier molecular flexibility index (Phi) is 6.81. The number of halogens is 1. The van der Waals surface area contributed by atoms with Gasteiger partial charge in [0.15, 0.2) is 12.7 Å². The van der Waals surface area contributed by atoms with Crippen LogP contribution >= 0.6 is 0 Å². The molecule has 2 N–H and O–H groups in total. The molecule has 0 heterocycles. The summed E-state index contributed by atoms with van der Waals surface area (Å²) < 4.78 is 22.7. The Bertz CT molecular complexity index is 533. The lowest BCUT2D eigenvalue weighted by Gasteiger charge is -2.13. The largest absolute Gasteiger partial charge is 0.479 e. The van der Waals surface area contributed by atoms with Crippen molar-refractivity contribution in [2.75, 3.05) is 20.2 Å². The van der Waals surface area contributed by atoms with Crippen molar-refractivity contribution in [1.29, 1.82) is 0 Å². The first-order chi connectivity index (χ1) is 10.4. The summed E-state index contributed by atoms with van der Waals surface area (Å²) in [5.41, 5.74) is 0. The van der Waals surface area contributed by atoms with Crippen molar-refractivity contribution < 1.29 is 28.2 Å². The van der Waals surface area contributed by atoms with Crippen molar-refractivity contribution >= 4 is 17.8 Å². The second-order valence-electron chi connectivity index (χ2n) is 4.27. The molecule has 1 aromatic rings. The number of rotatable bonds is 7. The summed E-state index contributed by atoms with van der Waals surface area (Å²) in [6.45, 7) is 0.718. The zero-order valence-corrected chi connectivity index (χ0v) is 12.2. The van der Waals surface area contributed by atoms with Crippen molar-refractivity contribution in [3.63, 3.8) is 0 Å². The fourth-order valence-electron chi connectivity index (χ4n) is 1.34. The monoisotopic (exact) mass is 312 g/mol. The van der Waals surface area contributed by atoms with Crippen LogP contribution in [0.2, 0.25) is 0 Å². The van der Waals surface area contributed by atoms with E-state index in [0.717, 1.165) is 0 Å². The van der Waals surface area contributed by atoms with Gasteiger partial charge in [-0.2, -0.15) is 0 Å². The van der Waals surface area contributed by atoms with Crippen molar-refractivity contribution in [2.24, 2.45) is 0 Å². The standard InChI is InChI=1S/C14H17FN2O5/c1-9(22-11-5-3-10(15)4-6-11)14(20)21-8-13(19)17-7-12(18)16-2/h3-6,9H,7-8H2,1-2H3,(H,16,18)(H,17,19)/t9-/m0/s1. The predicted octanol–water partition coefficient (Wildman–Crippen LogP) is -0.00160. The number of hydrogen-bond acceptors (Lipinski definition) is 5. The Morgan fingerprint density at radius 1 is 1.18 bits per heavy atom. The van der Waals surface area contributed by atoms with Crippen molar-refractivity contribution in [3.05, 3.63) is 30.1 Å². The van der Waals surface area contributed by atoms with Crippen LogP contribution in [0.15, 0.2) is 24.3 Å². The van der Waals surface area contributed by atoms with Crippen LogP contribution in [-0.2, 0) is 19.1 Å². The van der Waals surface area contributed by atoms with Gasteiger partial charge in [0.25, 0.3) is 5.91 Å². The average molecular weight is 312 g/mol. The molecular weight excluding hydrogens is 295 g/mol. The van der Waals surface area contributed by atoms with Gasteiger partial charge >= 0.3 is 5.97 Å². The van der Waals surface area contributed by atoms with E-state index in [-0.39, 0.29) is 12.5 Å². The number of ether oxygens (including phenoxy) is 2. The summed E-state index contributed by atoms with van der Waals surface area (Å²) in [7, 11) is 1.43. The first-order valence-corrected chi connectivity index (χ1v) is 6.48. The smallest absolute Gasteiger partial charge is 0.347 e. The normalized spacial score (nSPS) is 11.2. The van der Waals surface area contributed by atoms with Crippen LogP contribution in [-0.4, -0.2) is 44.1 Å². The van der Waals surface area contributed by atoms with Gasteiger partial charge in [0, 0.05) is 7.05 Å². The van der Waals surface area contributed by atoms with Gasteiger partial charge in [-0.1, -0.05) is 0 Å². The number of hydrogen-bond donors (Lipinski definition) is 2. The number of carbonyl (C=O) groups is 3. The second-order valence-corrected chi connectivity index (χ2v) is 4.27. The Balaban J connectivity index is 2.33. The summed E-state index contributed by atoms with van der Waals surface area (Å²) in [6, 6.07) is 5.13. The van der Waals surface area contributed by atoms with Crippen LogP contribution in [0.25, 0.3) is 0 Å². The number of likely N-dealkylation sites (N-methyl/N-ethyl adjacent to an activating group) is 1. The molecule has 8 heteroatoms. The zero-order chi connectivity index (χ0) is 16.5. The molecule has 22 heavy (non-hydrogen) atoms.